The first-order valence-electron chi connectivity index (χ1n) is 6.65. The topological polar surface area (TPSA) is 37.3 Å². The van der Waals surface area contributed by atoms with Crippen LogP contribution in [0.15, 0.2) is 42.5 Å². The van der Waals surface area contributed by atoms with Crippen LogP contribution in [0.25, 0.3) is 0 Å². The average Bonchev–Trinajstić information content (AvgIpc) is 2.41. The molecule has 0 saturated heterocycles. The number of ketones is 1. The summed E-state index contributed by atoms with van der Waals surface area (Å²) in [6, 6.07) is 13.4. The van der Waals surface area contributed by atoms with E-state index < -0.39 is 0 Å². The van der Waals surface area contributed by atoms with Gasteiger partial charge in [0.25, 0.3) is 0 Å². The van der Waals surface area contributed by atoms with Crippen molar-refractivity contribution in [3.8, 4) is 5.75 Å². The van der Waals surface area contributed by atoms with Crippen molar-refractivity contribution < 1.29 is 9.90 Å². The Bertz CT molecular complexity index is 635. The maximum absolute atomic E-state index is 11.7. The van der Waals surface area contributed by atoms with E-state index in [1.54, 1.807) is 13.0 Å². The highest BCUT2D eigenvalue weighted by atomic mass is 31.1. The number of phenols is 1. The molecule has 0 fully saturated rings. The number of hydrogen-bond donors (Lipinski definition) is 1. The summed E-state index contributed by atoms with van der Waals surface area (Å²) in [6.07, 6.45) is 0. The summed E-state index contributed by atoms with van der Waals surface area (Å²) in [6.45, 7) is 5.70. The minimum absolute atomic E-state index is 0.0914. The zero-order valence-corrected chi connectivity index (χ0v) is 13.0. The predicted molar refractivity (Wildman–Crippen MR) is 85.7 cm³/mol. The smallest absolute Gasteiger partial charge is 0.160 e. The van der Waals surface area contributed by atoms with Crippen molar-refractivity contribution in [1.29, 1.82) is 0 Å². The van der Waals surface area contributed by atoms with Gasteiger partial charge in [0, 0.05) is 16.8 Å². The Labute approximate surface area is 121 Å². The van der Waals surface area contributed by atoms with E-state index in [-0.39, 0.29) is 11.4 Å². The summed E-state index contributed by atoms with van der Waals surface area (Å²) in [4.78, 5) is 11.7. The monoisotopic (exact) mass is 286 g/mol. The third-order valence-corrected chi connectivity index (χ3v) is 4.82. The lowest BCUT2D eigenvalue weighted by Crippen LogP contribution is -2.09. The van der Waals surface area contributed by atoms with E-state index in [2.05, 4.69) is 6.92 Å². The molecule has 0 aromatic heterocycles. The summed E-state index contributed by atoms with van der Waals surface area (Å²) in [5, 5.41) is 11.1. The Morgan fingerprint density at radius 3 is 2.60 bits per heavy atom. The Hall–Kier alpha value is -1.66. The molecule has 0 spiro atoms. The van der Waals surface area contributed by atoms with Gasteiger partial charge < -0.3 is 5.11 Å². The van der Waals surface area contributed by atoms with Gasteiger partial charge in [0.2, 0.25) is 0 Å². The first-order valence-corrected chi connectivity index (χ1v) is 7.73. The van der Waals surface area contributed by atoms with Crippen molar-refractivity contribution >= 4 is 19.7 Å². The second-order valence-electron chi connectivity index (χ2n) is 5.03. The van der Waals surface area contributed by atoms with Crippen LogP contribution in [0.3, 0.4) is 0 Å². The number of aromatic hydroxyl groups is 1. The number of aryl methyl sites for hydroxylation is 1. The Morgan fingerprint density at radius 1 is 1.20 bits per heavy atom. The molecule has 0 aliphatic heterocycles. The zero-order valence-electron chi connectivity index (χ0n) is 12.0. The normalized spacial score (nSPS) is 12.8. The summed E-state index contributed by atoms with van der Waals surface area (Å²) in [7, 11) is 0.459. The maximum atomic E-state index is 11.7. The van der Waals surface area contributed by atoms with Crippen molar-refractivity contribution in [2.45, 2.75) is 26.4 Å². The van der Waals surface area contributed by atoms with Crippen LogP contribution < -0.4 is 5.30 Å². The molecule has 104 valence electrons. The number of carbonyl (C=O) groups excluding carboxylic acids is 1. The Kier molecular flexibility index (Phi) is 4.57. The lowest BCUT2D eigenvalue weighted by molar-refractivity contribution is 0.101. The van der Waals surface area contributed by atoms with Crippen LogP contribution in [0, 0.1) is 6.92 Å². The van der Waals surface area contributed by atoms with Crippen LogP contribution in [0.2, 0.25) is 0 Å². The van der Waals surface area contributed by atoms with Crippen molar-refractivity contribution in [2.75, 3.05) is 0 Å². The molecule has 0 amide bonds. The Morgan fingerprint density at radius 2 is 1.90 bits per heavy atom. The third kappa shape index (κ3) is 3.26. The van der Waals surface area contributed by atoms with Gasteiger partial charge in [-0.2, -0.15) is 0 Å². The number of carbonyl (C=O) groups is 1. The van der Waals surface area contributed by atoms with Gasteiger partial charge in [-0.3, -0.25) is 4.79 Å². The number of rotatable bonds is 4. The highest BCUT2D eigenvalue weighted by Crippen LogP contribution is 2.38. The molecule has 0 aliphatic rings. The van der Waals surface area contributed by atoms with Crippen LogP contribution in [-0.4, -0.2) is 10.9 Å². The number of hydrogen-bond acceptors (Lipinski definition) is 2. The molecule has 0 heterocycles. The van der Waals surface area contributed by atoms with Gasteiger partial charge >= 0.3 is 0 Å². The van der Waals surface area contributed by atoms with Crippen molar-refractivity contribution in [3.05, 3.63) is 59.2 Å². The maximum Gasteiger partial charge on any atom is 0.160 e. The van der Waals surface area contributed by atoms with E-state index in [0.717, 1.165) is 22.0 Å². The van der Waals surface area contributed by atoms with E-state index in [1.165, 1.54) is 0 Å². The molecule has 0 bridgehead atoms. The van der Waals surface area contributed by atoms with Crippen molar-refractivity contribution in [3.63, 3.8) is 0 Å². The van der Waals surface area contributed by atoms with Crippen LogP contribution in [0.4, 0.5) is 0 Å². The fraction of sp³-hybridized carbons (Fsp3) is 0.235. The number of phenolic OH excluding ortho intramolecular Hbond substituents is 1. The molecule has 2 nitrogen and oxygen atoms in total. The molecular formula is C17H19O2P. The molecular weight excluding hydrogens is 267 g/mol. The highest BCUT2D eigenvalue weighted by molar-refractivity contribution is 7.47. The summed E-state index contributed by atoms with van der Waals surface area (Å²) < 4.78 is 0. The fourth-order valence-electron chi connectivity index (χ4n) is 2.25. The minimum atomic E-state index is 0.0914. The number of benzene rings is 2. The quantitative estimate of drug-likeness (QED) is 0.682. The summed E-state index contributed by atoms with van der Waals surface area (Å²) >= 11 is 0. The van der Waals surface area contributed by atoms with Gasteiger partial charge in [-0.15, -0.1) is 0 Å². The van der Waals surface area contributed by atoms with Gasteiger partial charge in [0.05, 0.1) is 0 Å². The molecule has 3 heteroatoms. The van der Waals surface area contributed by atoms with E-state index in [1.807, 2.05) is 43.3 Å². The Balaban J connectivity index is 2.30. The molecule has 0 radical (unpaired) electrons. The third-order valence-electron chi connectivity index (χ3n) is 3.33. The lowest BCUT2D eigenvalue weighted by Gasteiger charge is -2.16. The van der Waals surface area contributed by atoms with E-state index in [0.29, 0.717) is 14.3 Å². The molecule has 20 heavy (non-hydrogen) atoms. The molecule has 2 atom stereocenters. The molecule has 2 aromatic rings. The lowest BCUT2D eigenvalue weighted by atomic mass is 10.1. The van der Waals surface area contributed by atoms with E-state index in [9.17, 15) is 9.90 Å². The highest BCUT2D eigenvalue weighted by Gasteiger charge is 2.14. The largest absolute Gasteiger partial charge is 0.508 e. The first kappa shape index (κ1) is 14.7. The molecule has 2 unspecified atom stereocenters. The molecule has 0 aliphatic carbocycles. The van der Waals surface area contributed by atoms with Crippen molar-refractivity contribution in [2.24, 2.45) is 0 Å². The molecule has 2 rings (SSSR count). The van der Waals surface area contributed by atoms with Gasteiger partial charge in [0.15, 0.2) is 5.78 Å². The van der Waals surface area contributed by atoms with Gasteiger partial charge in [-0.25, -0.2) is 0 Å². The van der Waals surface area contributed by atoms with Gasteiger partial charge in [-0.1, -0.05) is 57.5 Å². The average molecular weight is 286 g/mol. The van der Waals surface area contributed by atoms with Gasteiger partial charge in [-0.05, 0) is 25.2 Å². The van der Waals surface area contributed by atoms with Crippen LogP contribution in [-0.2, 0) is 0 Å². The van der Waals surface area contributed by atoms with Crippen molar-refractivity contribution in [1.82, 2.24) is 0 Å². The fourth-order valence-corrected chi connectivity index (χ4v) is 3.71. The molecule has 0 saturated carbocycles. The SMILES string of the molecule is CC(=O)c1ccccc1PC(C)c1cc(C)ccc1O. The van der Waals surface area contributed by atoms with E-state index in [4.69, 9.17) is 0 Å². The second-order valence-corrected chi connectivity index (χ2v) is 6.72. The summed E-state index contributed by atoms with van der Waals surface area (Å²) in [5.74, 6) is 0.421. The van der Waals surface area contributed by atoms with Crippen LogP contribution in [0.1, 0.15) is 41.0 Å². The molecule has 2 aromatic carbocycles. The number of Topliss-reactive ketones (excluding diaryl/α,β-unsaturated/α-hetero) is 1. The first-order chi connectivity index (χ1) is 9.49. The van der Waals surface area contributed by atoms with Gasteiger partial charge in [0.1, 0.15) is 5.75 Å². The molecule has 1 N–H and O–H groups in total. The van der Waals surface area contributed by atoms with Crippen LogP contribution in [0.5, 0.6) is 5.75 Å². The van der Waals surface area contributed by atoms with Crippen LogP contribution >= 0.6 is 8.58 Å². The van der Waals surface area contributed by atoms with E-state index >= 15 is 0 Å². The predicted octanol–water partition coefficient (Wildman–Crippen LogP) is 3.97. The zero-order chi connectivity index (χ0) is 14.7. The minimum Gasteiger partial charge on any atom is -0.508 e. The summed E-state index contributed by atoms with van der Waals surface area (Å²) in [5.41, 5.74) is 3.05. The second kappa shape index (κ2) is 6.19. The standard InChI is InChI=1S/C17H19O2P/c1-11-8-9-16(19)15(10-11)13(3)20-17-7-5-4-6-14(17)12(2)18/h4-10,13,19-20H,1-3H3.